The number of nitrogens with one attached hydrogen (secondary N) is 2. The topological polar surface area (TPSA) is 136 Å². The molecular formula is C23H24N4O7. The molecule has 0 radical (unpaired) electrons. The minimum absolute atomic E-state index is 0.125. The van der Waals surface area contributed by atoms with E-state index in [-0.39, 0.29) is 23.4 Å². The first-order valence-corrected chi connectivity index (χ1v) is 10.3. The molecule has 1 atom stereocenters. The van der Waals surface area contributed by atoms with Crippen molar-refractivity contribution < 1.29 is 24.1 Å². The first-order chi connectivity index (χ1) is 16.4. The molecule has 1 aromatic heterocycles. The van der Waals surface area contributed by atoms with Crippen molar-refractivity contribution in [3.05, 3.63) is 68.4 Å². The van der Waals surface area contributed by atoms with E-state index in [1.807, 2.05) is 0 Å². The first-order valence-electron chi connectivity index (χ1n) is 10.3. The molecule has 0 bridgehead atoms. The van der Waals surface area contributed by atoms with Crippen LogP contribution in [0.4, 0.5) is 0 Å². The van der Waals surface area contributed by atoms with E-state index >= 15 is 0 Å². The third-order valence-corrected chi connectivity index (χ3v) is 5.56. The summed E-state index contributed by atoms with van der Waals surface area (Å²) in [6.45, 7) is 0. The number of hydrogen-bond donors (Lipinski definition) is 3. The number of nitrogens with zero attached hydrogens (tertiary/aromatic N) is 2. The Bertz CT molecular complexity index is 1380. The Hall–Kier alpha value is -4.41. The highest BCUT2D eigenvalue weighted by atomic mass is 16.5. The van der Waals surface area contributed by atoms with E-state index in [1.54, 1.807) is 36.4 Å². The molecule has 1 unspecified atom stereocenters. The zero-order valence-corrected chi connectivity index (χ0v) is 19.0. The van der Waals surface area contributed by atoms with Gasteiger partial charge >= 0.3 is 5.69 Å². The molecule has 3 aromatic rings. The van der Waals surface area contributed by atoms with Gasteiger partial charge in [0.2, 0.25) is 11.6 Å². The Morgan fingerprint density at radius 1 is 0.941 bits per heavy atom. The number of hydrogen-bond acceptors (Lipinski definition) is 9. The number of aromatic nitrogens is 2. The Balaban J connectivity index is 1.76. The average molecular weight is 468 g/mol. The fourth-order valence-electron chi connectivity index (χ4n) is 4.00. The highest BCUT2D eigenvalue weighted by Crippen LogP contribution is 2.43. The van der Waals surface area contributed by atoms with E-state index in [2.05, 4.69) is 15.5 Å². The van der Waals surface area contributed by atoms with Gasteiger partial charge < -0.3 is 29.5 Å². The van der Waals surface area contributed by atoms with Gasteiger partial charge in [-0.1, -0.05) is 12.1 Å². The molecule has 0 saturated carbocycles. The number of aromatic hydroxyl groups is 1. The van der Waals surface area contributed by atoms with Crippen molar-refractivity contribution in [3.8, 4) is 34.6 Å². The lowest BCUT2D eigenvalue weighted by atomic mass is 9.98. The second-order valence-electron chi connectivity index (χ2n) is 7.33. The second-order valence-corrected chi connectivity index (χ2v) is 7.33. The largest absolute Gasteiger partial charge is 0.495 e. The van der Waals surface area contributed by atoms with Crippen molar-refractivity contribution >= 4 is 5.71 Å². The van der Waals surface area contributed by atoms with E-state index in [4.69, 9.17) is 18.9 Å². The number of methoxy groups -OCH3 is 4. The van der Waals surface area contributed by atoms with Crippen molar-refractivity contribution in [3.63, 3.8) is 0 Å². The highest BCUT2D eigenvalue weighted by molar-refractivity contribution is 6.03. The molecule has 4 rings (SSSR count). The van der Waals surface area contributed by atoms with Crippen LogP contribution >= 0.6 is 0 Å². The van der Waals surface area contributed by atoms with Crippen LogP contribution in [-0.4, -0.2) is 48.8 Å². The molecule has 0 aliphatic carbocycles. The minimum atomic E-state index is -0.805. The van der Waals surface area contributed by atoms with Gasteiger partial charge in [0.05, 0.1) is 45.9 Å². The van der Waals surface area contributed by atoms with Crippen LogP contribution in [0.3, 0.4) is 0 Å². The first kappa shape index (κ1) is 22.8. The Morgan fingerprint density at radius 2 is 1.65 bits per heavy atom. The van der Waals surface area contributed by atoms with Gasteiger partial charge in [-0.05, 0) is 24.3 Å². The lowest BCUT2D eigenvalue weighted by Gasteiger charge is -2.19. The SMILES string of the molecule is COc1ccccc1-n1c(O)c(C2=NNC(c3ccc(OC)c(OC)c3OC)C2)c(=O)[nH]c1=O. The highest BCUT2D eigenvalue weighted by Gasteiger charge is 2.31. The molecule has 0 amide bonds. The molecule has 34 heavy (non-hydrogen) atoms. The van der Waals surface area contributed by atoms with Gasteiger partial charge in [0.15, 0.2) is 11.5 Å². The quantitative estimate of drug-likeness (QED) is 0.477. The van der Waals surface area contributed by atoms with Crippen molar-refractivity contribution in [2.24, 2.45) is 5.10 Å². The summed E-state index contributed by atoms with van der Waals surface area (Å²) < 4.78 is 22.6. The molecule has 178 valence electrons. The van der Waals surface area contributed by atoms with E-state index in [0.717, 1.165) is 4.57 Å². The normalized spacial score (nSPS) is 14.8. The predicted octanol–water partition coefficient (Wildman–Crippen LogP) is 1.70. The summed E-state index contributed by atoms with van der Waals surface area (Å²) in [7, 11) is 5.99. The molecule has 11 heteroatoms. The van der Waals surface area contributed by atoms with E-state index in [0.29, 0.717) is 28.6 Å². The fourth-order valence-corrected chi connectivity index (χ4v) is 4.00. The molecule has 1 aliphatic rings. The smallest absolute Gasteiger partial charge is 0.335 e. The monoisotopic (exact) mass is 468 g/mol. The maximum Gasteiger partial charge on any atom is 0.335 e. The molecule has 1 aliphatic heterocycles. The number of hydrazone groups is 1. The molecular weight excluding hydrogens is 444 g/mol. The van der Waals surface area contributed by atoms with E-state index < -0.39 is 23.2 Å². The van der Waals surface area contributed by atoms with Crippen molar-refractivity contribution in [2.75, 3.05) is 28.4 Å². The van der Waals surface area contributed by atoms with Gasteiger partial charge in [0.1, 0.15) is 11.3 Å². The lowest BCUT2D eigenvalue weighted by molar-refractivity contribution is 0.320. The molecule has 0 saturated heterocycles. The number of H-pyrrole nitrogens is 1. The minimum Gasteiger partial charge on any atom is -0.495 e. The average Bonchev–Trinajstić information content (AvgIpc) is 3.32. The summed E-state index contributed by atoms with van der Waals surface area (Å²) in [5.41, 5.74) is 2.54. The summed E-state index contributed by atoms with van der Waals surface area (Å²) in [5.74, 6) is 1.17. The van der Waals surface area contributed by atoms with Gasteiger partial charge in [-0.25, -0.2) is 9.36 Å². The number of ether oxygens (including phenoxy) is 4. The van der Waals surface area contributed by atoms with Crippen LogP contribution in [0.15, 0.2) is 51.1 Å². The summed E-state index contributed by atoms with van der Waals surface area (Å²) in [6, 6.07) is 9.79. The van der Waals surface area contributed by atoms with Crippen molar-refractivity contribution in [1.82, 2.24) is 15.0 Å². The van der Waals surface area contributed by atoms with Crippen LogP contribution in [0, 0.1) is 0 Å². The Kier molecular flexibility index (Phi) is 6.17. The Labute approximate surface area is 194 Å². The fraction of sp³-hybridized carbons (Fsp3) is 0.261. The second kappa shape index (κ2) is 9.22. The van der Waals surface area contributed by atoms with Crippen molar-refractivity contribution in [2.45, 2.75) is 12.5 Å². The van der Waals surface area contributed by atoms with E-state index in [9.17, 15) is 14.7 Å². The zero-order valence-electron chi connectivity index (χ0n) is 19.0. The maximum atomic E-state index is 12.7. The van der Waals surface area contributed by atoms with Crippen LogP contribution in [0.25, 0.3) is 5.69 Å². The number of para-hydroxylation sites is 2. The van der Waals surface area contributed by atoms with Crippen molar-refractivity contribution in [1.29, 1.82) is 0 Å². The summed E-state index contributed by atoms with van der Waals surface area (Å²) in [6.07, 6.45) is 0.229. The number of rotatable bonds is 7. The van der Waals surface area contributed by atoms with Gasteiger partial charge in [-0.2, -0.15) is 5.10 Å². The Morgan fingerprint density at radius 3 is 2.32 bits per heavy atom. The molecule has 11 nitrogen and oxygen atoms in total. The maximum absolute atomic E-state index is 12.7. The number of benzene rings is 2. The zero-order chi connectivity index (χ0) is 24.4. The van der Waals surface area contributed by atoms with Crippen LogP contribution in [0.2, 0.25) is 0 Å². The summed E-state index contributed by atoms with van der Waals surface area (Å²) in [4.78, 5) is 27.5. The van der Waals surface area contributed by atoms with Gasteiger partial charge in [-0.3, -0.25) is 9.78 Å². The third-order valence-electron chi connectivity index (χ3n) is 5.56. The van der Waals surface area contributed by atoms with Crippen LogP contribution in [0.1, 0.15) is 23.6 Å². The molecule has 2 heterocycles. The molecule has 0 fully saturated rings. The standard InChI is InChI=1S/C23H24N4O7/c1-31-16-8-6-5-7-15(16)27-22(29)18(21(28)24-23(27)30)14-11-13(25-26-14)12-9-10-17(32-2)20(34-4)19(12)33-3/h5-10,13,25,29H,11H2,1-4H3,(H,24,28,30). The summed E-state index contributed by atoms with van der Waals surface area (Å²) in [5, 5.41) is 15.3. The van der Waals surface area contributed by atoms with Gasteiger partial charge in [0.25, 0.3) is 5.56 Å². The van der Waals surface area contributed by atoms with Crippen LogP contribution in [0.5, 0.6) is 28.9 Å². The van der Waals surface area contributed by atoms with E-state index in [1.165, 1.54) is 28.4 Å². The predicted molar refractivity (Wildman–Crippen MR) is 124 cm³/mol. The number of aromatic amines is 1. The summed E-state index contributed by atoms with van der Waals surface area (Å²) >= 11 is 0. The molecule has 3 N–H and O–H groups in total. The molecule has 2 aromatic carbocycles. The van der Waals surface area contributed by atoms with Gasteiger partial charge in [-0.15, -0.1) is 0 Å². The van der Waals surface area contributed by atoms with Crippen LogP contribution < -0.4 is 35.6 Å². The lowest BCUT2D eigenvalue weighted by Crippen LogP contribution is -2.33. The molecule has 0 spiro atoms. The van der Waals surface area contributed by atoms with Gasteiger partial charge in [0, 0.05) is 12.0 Å². The van der Waals surface area contributed by atoms with Crippen LogP contribution in [-0.2, 0) is 0 Å². The third kappa shape index (κ3) is 3.70.